The predicted molar refractivity (Wildman–Crippen MR) is 56.2 cm³/mol. The summed E-state index contributed by atoms with van der Waals surface area (Å²) in [7, 11) is 1.25. The topological polar surface area (TPSA) is 60.7 Å². The molecule has 0 amide bonds. The fourth-order valence-electron chi connectivity index (χ4n) is 1.43. The Morgan fingerprint density at radius 3 is 3.00 bits per heavy atom. The van der Waals surface area contributed by atoms with Gasteiger partial charge in [-0.2, -0.15) is 0 Å². The van der Waals surface area contributed by atoms with E-state index in [1.165, 1.54) is 13.3 Å². The first kappa shape index (κ1) is 10.4. The van der Waals surface area contributed by atoms with E-state index in [2.05, 4.69) is 9.72 Å². The van der Waals surface area contributed by atoms with Gasteiger partial charge in [-0.3, -0.25) is 14.0 Å². The molecule has 0 saturated carbocycles. The lowest BCUT2D eigenvalue weighted by Gasteiger charge is -1.99. The lowest BCUT2D eigenvalue weighted by Crippen LogP contribution is -2.11. The van der Waals surface area contributed by atoms with Crippen LogP contribution in [-0.4, -0.2) is 28.2 Å². The molecule has 0 radical (unpaired) electrons. The van der Waals surface area contributed by atoms with Crippen LogP contribution in [-0.2, 0) is 9.53 Å². The molecule has 0 bridgehead atoms. The number of aromatic nitrogens is 2. The SMILES string of the molecule is COC(=O)CC(=O)c1cnc2ccccn12. The van der Waals surface area contributed by atoms with E-state index in [1.807, 2.05) is 6.07 Å². The van der Waals surface area contributed by atoms with Crippen LogP contribution in [0.25, 0.3) is 5.65 Å². The van der Waals surface area contributed by atoms with Crippen molar-refractivity contribution in [3.8, 4) is 0 Å². The van der Waals surface area contributed by atoms with Crippen LogP contribution in [0.1, 0.15) is 16.9 Å². The first-order chi connectivity index (χ1) is 7.72. The van der Waals surface area contributed by atoms with Crippen molar-refractivity contribution < 1.29 is 14.3 Å². The predicted octanol–water partition coefficient (Wildman–Crippen LogP) is 1.08. The number of ketones is 1. The smallest absolute Gasteiger partial charge is 0.313 e. The van der Waals surface area contributed by atoms with Gasteiger partial charge in [0.25, 0.3) is 0 Å². The van der Waals surface area contributed by atoms with Crippen molar-refractivity contribution in [1.82, 2.24) is 9.38 Å². The van der Waals surface area contributed by atoms with Crippen molar-refractivity contribution in [3.63, 3.8) is 0 Å². The fourth-order valence-corrected chi connectivity index (χ4v) is 1.43. The minimum absolute atomic E-state index is 0.265. The van der Waals surface area contributed by atoms with E-state index in [0.717, 1.165) is 0 Å². The molecule has 0 fully saturated rings. The van der Waals surface area contributed by atoms with E-state index in [1.54, 1.807) is 22.7 Å². The molecule has 5 heteroatoms. The second-order valence-electron chi connectivity index (χ2n) is 3.25. The highest BCUT2D eigenvalue weighted by molar-refractivity contribution is 6.05. The number of hydrogen-bond donors (Lipinski definition) is 0. The Bertz CT molecular complexity index is 545. The van der Waals surface area contributed by atoms with E-state index >= 15 is 0 Å². The maximum absolute atomic E-state index is 11.7. The highest BCUT2D eigenvalue weighted by Gasteiger charge is 2.15. The summed E-state index contributed by atoms with van der Waals surface area (Å²) in [5, 5.41) is 0. The molecule has 0 unspecified atom stereocenters. The zero-order valence-electron chi connectivity index (χ0n) is 8.71. The quantitative estimate of drug-likeness (QED) is 0.439. The van der Waals surface area contributed by atoms with Crippen molar-refractivity contribution in [1.29, 1.82) is 0 Å². The number of ether oxygens (including phenoxy) is 1. The second kappa shape index (κ2) is 4.14. The van der Waals surface area contributed by atoms with Crippen molar-refractivity contribution in [2.45, 2.75) is 6.42 Å². The number of Topliss-reactive ketones (excluding diaryl/α,β-unsaturated/α-hetero) is 1. The van der Waals surface area contributed by atoms with Gasteiger partial charge in [-0.05, 0) is 12.1 Å². The molecule has 2 aromatic rings. The largest absolute Gasteiger partial charge is 0.469 e. The number of esters is 1. The van der Waals surface area contributed by atoms with Crippen LogP contribution in [0.3, 0.4) is 0 Å². The lowest BCUT2D eigenvalue weighted by atomic mass is 10.2. The van der Waals surface area contributed by atoms with Gasteiger partial charge in [0.15, 0.2) is 5.78 Å². The molecule has 0 atom stereocenters. The third kappa shape index (κ3) is 1.79. The van der Waals surface area contributed by atoms with Crippen LogP contribution < -0.4 is 0 Å². The highest BCUT2D eigenvalue weighted by atomic mass is 16.5. The molecule has 5 nitrogen and oxygen atoms in total. The molecule has 0 aliphatic carbocycles. The minimum atomic E-state index is -0.545. The molecule has 2 rings (SSSR count). The average Bonchev–Trinajstić information content (AvgIpc) is 2.72. The lowest BCUT2D eigenvalue weighted by molar-refractivity contribution is -0.139. The van der Waals surface area contributed by atoms with E-state index in [4.69, 9.17) is 0 Å². The number of carbonyl (C=O) groups excluding carboxylic acids is 2. The van der Waals surface area contributed by atoms with Crippen LogP contribution in [0.2, 0.25) is 0 Å². The maximum Gasteiger partial charge on any atom is 0.313 e. The minimum Gasteiger partial charge on any atom is -0.469 e. The van der Waals surface area contributed by atoms with Gasteiger partial charge >= 0.3 is 5.97 Å². The second-order valence-corrected chi connectivity index (χ2v) is 3.25. The Hall–Kier alpha value is -2.17. The van der Waals surface area contributed by atoms with Gasteiger partial charge in [-0.25, -0.2) is 4.98 Å². The summed E-state index contributed by atoms with van der Waals surface area (Å²) in [4.78, 5) is 26.8. The molecule has 2 heterocycles. The van der Waals surface area contributed by atoms with Crippen LogP contribution in [0, 0.1) is 0 Å². The summed E-state index contributed by atoms with van der Waals surface area (Å²) < 4.78 is 6.09. The molecule has 2 aromatic heterocycles. The zero-order chi connectivity index (χ0) is 11.5. The van der Waals surface area contributed by atoms with Crippen LogP contribution in [0.4, 0.5) is 0 Å². The monoisotopic (exact) mass is 218 g/mol. The summed E-state index contributed by atoms with van der Waals surface area (Å²) in [6.07, 6.45) is 2.92. The van der Waals surface area contributed by atoms with E-state index in [-0.39, 0.29) is 12.2 Å². The zero-order valence-corrected chi connectivity index (χ0v) is 8.71. The number of hydrogen-bond acceptors (Lipinski definition) is 4. The first-order valence-corrected chi connectivity index (χ1v) is 4.74. The van der Waals surface area contributed by atoms with Gasteiger partial charge in [0.1, 0.15) is 17.8 Å². The number of pyridine rings is 1. The summed E-state index contributed by atoms with van der Waals surface area (Å²) >= 11 is 0. The number of nitrogens with zero attached hydrogens (tertiary/aromatic N) is 2. The van der Waals surface area contributed by atoms with Crippen molar-refractivity contribution in [3.05, 3.63) is 36.3 Å². The van der Waals surface area contributed by atoms with Crippen molar-refractivity contribution in [2.24, 2.45) is 0 Å². The molecular formula is C11H10N2O3. The number of imidazole rings is 1. The Morgan fingerprint density at radius 2 is 2.25 bits per heavy atom. The first-order valence-electron chi connectivity index (χ1n) is 4.74. The fraction of sp³-hybridized carbons (Fsp3) is 0.182. The molecule has 16 heavy (non-hydrogen) atoms. The molecule has 0 spiro atoms. The Labute approximate surface area is 91.7 Å². The van der Waals surface area contributed by atoms with Crippen LogP contribution >= 0.6 is 0 Å². The number of methoxy groups -OCH3 is 1. The summed E-state index contributed by atoms with van der Waals surface area (Å²) in [6.45, 7) is 0. The Morgan fingerprint density at radius 1 is 1.44 bits per heavy atom. The van der Waals surface area contributed by atoms with E-state index in [9.17, 15) is 9.59 Å². The third-order valence-corrected chi connectivity index (χ3v) is 2.24. The highest BCUT2D eigenvalue weighted by Crippen LogP contribution is 2.08. The van der Waals surface area contributed by atoms with Gasteiger partial charge in [-0.15, -0.1) is 0 Å². The van der Waals surface area contributed by atoms with Crippen LogP contribution in [0.15, 0.2) is 30.6 Å². The standard InChI is InChI=1S/C11H10N2O3/c1-16-11(15)6-9(14)8-7-12-10-4-2-3-5-13(8)10/h2-5,7H,6H2,1H3. The molecule has 82 valence electrons. The van der Waals surface area contributed by atoms with Gasteiger partial charge in [-0.1, -0.05) is 6.07 Å². The van der Waals surface area contributed by atoms with Gasteiger partial charge in [0.05, 0.1) is 13.3 Å². The van der Waals surface area contributed by atoms with Gasteiger partial charge in [0.2, 0.25) is 0 Å². The number of carbonyl (C=O) groups is 2. The Kier molecular flexibility index (Phi) is 2.68. The maximum atomic E-state index is 11.7. The summed E-state index contributed by atoms with van der Waals surface area (Å²) in [6, 6.07) is 5.41. The summed E-state index contributed by atoms with van der Waals surface area (Å²) in [5.41, 5.74) is 1.07. The van der Waals surface area contributed by atoms with Crippen LogP contribution in [0.5, 0.6) is 0 Å². The number of fused-ring (bicyclic) bond motifs is 1. The van der Waals surface area contributed by atoms with Gasteiger partial charge in [0, 0.05) is 6.20 Å². The molecule has 0 saturated heterocycles. The molecule has 0 N–H and O–H groups in total. The van der Waals surface area contributed by atoms with Crippen molar-refractivity contribution >= 4 is 17.4 Å². The van der Waals surface area contributed by atoms with E-state index in [0.29, 0.717) is 11.3 Å². The Balaban J connectivity index is 2.33. The average molecular weight is 218 g/mol. The normalized spacial score (nSPS) is 10.3. The summed E-state index contributed by atoms with van der Waals surface area (Å²) in [5.74, 6) is -0.846. The molecule has 0 aromatic carbocycles. The van der Waals surface area contributed by atoms with Crippen molar-refractivity contribution in [2.75, 3.05) is 7.11 Å². The van der Waals surface area contributed by atoms with E-state index < -0.39 is 5.97 Å². The number of rotatable bonds is 3. The third-order valence-electron chi connectivity index (χ3n) is 2.24. The molecule has 0 aliphatic heterocycles. The molecule has 0 aliphatic rings. The molecular weight excluding hydrogens is 208 g/mol. The van der Waals surface area contributed by atoms with Gasteiger partial charge < -0.3 is 4.74 Å².